The maximum Gasteiger partial charge on any atom is 0.417 e. The molecule has 8 atom stereocenters. The first-order valence-electron chi connectivity index (χ1n) is 38.3. The molecule has 0 spiro atoms. The maximum absolute atomic E-state index is 15.4. The molecule has 2 saturated heterocycles. The minimum atomic E-state index is -4.77. The van der Waals surface area contributed by atoms with Crippen LogP contribution in [-0.2, 0) is 79.7 Å². The van der Waals surface area contributed by atoms with E-state index in [-0.39, 0.29) is 94.9 Å². The number of aldehydes is 1. The van der Waals surface area contributed by atoms with E-state index in [9.17, 15) is 61.1 Å². The minimum absolute atomic E-state index is 0.0153. The number of nitrogens with one attached hydrogen (secondary N) is 3. The van der Waals surface area contributed by atoms with Crippen molar-refractivity contribution in [3.63, 3.8) is 0 Å². The van der Waals surface area contributed by atoms with Gasteiger partial charge in [-0.15, -0.1) is 0 Å². The summed E-state index contributed by atoms with van der Waals surface area (Å²) in [5, 5.41) is 8.24. The van der Waals surface area contributed by atoms with Gasteiger partial charge in [-0.2, -0.15) is 13.2 Å². The standard InChI is InChI=1S/C76H121ClF3N13O14/c1-14-51(4)68-74(105)86(8)46-65(98)85(7)47-66(99)89(11)60(42-52-26-18-15-19-27-52)72(103)87(9)55(48-94)44-82-58(34-32-53-31-33-56(57(77)41-53)76(78,79)80)71(102)93(38-39-107-49-67(100)84(5)6)45-62(95)81-35-23-22-30-63(96)91(13)69(54-28-20-16-21-29-54)75(106)90(12)61(73(104)92-36-24-17-25-37-92)43-64(97)88(10)59(40-50(2)3)70(101)83-68/h31,33,41,48,50-52,54-55,58-61,68-69,82H,14-30,32,34-40,42-47,49H2,1-13H3,(H,81,95)(H,83,101)/t51-,55?,58-,59-,60-,61-,68-,69-/m0/s1. The molecule has 2 heterocycles. The highest BCUT2D eigenvalue weighted by Crippen LogP contribution is 2.36. The summed E-state index contributed by atoms with van der Waals surface area (Å²) < 4.78 is 47.4. The van der Waals surface area contributed by atoms with Gasteiger partial charge in [-0.05, 0) is 112 Å². The van der Waals surface area contributed by atoms with E-state index >= 15 is 14.4 Å². The number of hydrogen-bond donors (Lipinski definition) is 3. The molecule has 0 radical (unpaired) electrons. The number of alkyl halides is 3. The average molecular weight is 1530 g/mol. The van der Waals surface area contributed by atoms with E-state index in [4.69, 9.17) is 16.3 Å². The third-order valence-electron chi connectivity index (χ3n) is 21.9. The van der Waals surface area contributed by atoms with Gasteiger partial charge in [0, 0.05) is 103 Å². The molecule has 107 heavy (non-hydrogen) atoms. The van der Waals surface area contributed by atoms with Crippen LogP contribution in [0.3, 0.4) is 0 Å². The molecule has 12 amide bonds. The molecule has 1 unspecified atom stereocenters. The largest absolute Gasteiger partial charge is 0.417 e. The molecule has 3 N–H and O–H groups in total. The number of halogens is 4. The highest BCUT2D eigenvalue weighted by molar-refractivity contribution is 6.31. The van der Waals surface area contributed by atoms with E-state index in [0.717, 1.165) is 89.5 Å². The second-order valence-corrected chi connectivity index (χ2v) is 30.9. The maximum atomic E-state index is 15.4. The van der Waals surface area contributed by atoms with Crippen molar-refractivity contribution in [2.75, 3.05) is 129 Å². The van der Waals surface area contributed by atoms with E-state index < -0.39 is 163 Å². The minimum Gasteiger partial charge on any atom is -0.370 e. The van der Waals surface area contributed by atoms with Gasteiger partial charge in [0.05, 0.1) is 55.3 Å². The lowest BCUT2D eigenvalue weighted by Gasteiger charge is -2.41. The van der Waals surface area contributed by atoms with Gasteiger partial charge in [0.2, 0.25) is 70.9 Å². The molecule has 27 nitrogen and oxygen atoms in total. The molecule has 4 aliphatic rings. The smallest absolute Gasteiger partial charge is 0.370 e. The van der Waals surface area contributed by atoms with E-state index in [1.165, 1.54) is 86.9 Å². The summed E-state index contributed by atoms with van der Waals surface area (Å²) in [6.45, 7) is 5.16. The van der Waals surface area contributed by atoms with Crippen LogP contribution >= 0.6 is 11.6 Å². The first kappa shape index (κ1) is 90.1. The molecule has 2 aliphatic carbocycles. The van der Waals surface area contributed by atoms with Crippen LogP contribution in [0, 0.1) is 23.7 Å². The molecule has 2 saturated carbocycles. The van der Waals surface area contributed by atoms with E-state index in [0.29, 0.717) is 57.0 Å². The van der Waals surface area contributed by atoms with Crippen molar-refractivity contribution in [1.82, 2.24) is 64.9 Å². The number of aryl methyl sites for hydroxylation is 1. The molecule has 1 aromatic rings. The van der Waals surface area contributed by atoms with Crippen molar-refractivity contribution in [1.29, 1.82) is 0 Å². The Labute approximate surface area is 635 Å². The number of likely N-dealkylation sites (N-methyl/N-ethyl adjacent to an activating group) is 8. The zero-order chi connectivity index (χ0) is 79.6. The average Bonchev–Trinajstić information content (AvgIpc) is 0.801. The van der Waals surface area contributed by atoms with E-state index in [2.05, 4.69) is 16.0 Å². The van der Waals surface area contributed by atoms with Crippen LogP contribution in [0.1, 0.15) is 174 Å². The third-order valence-corrected chi connectivity index (χ3v) is 22.2. The molecule has 4 fully saturated rings. The molecule has 0 aromatic heterocycles. The van der Waals surface area contributed by atoms with Crippen molar-refractivity contribution >= 4 is 88.8 Å². The van der Waals surface area contributed by atoms with Crippen molar-refractivity contribution in [3.05, 3.63) is 34.3 Å². The van der Waals surface area contributed by atoms with Crippen molar-refractivity contribution in [3.8, 4) is 0 Å². The van der Waals surface area contributed by atoms with Crippen LogP contribution in [0.5, 0.6) is 0 Å². The Balaban J connectivity index is 1.58. The zero-order valence-corrected chi connectivity index (χ0v) is 66.2. The summed E-state index contributed by atoms with van der Waals surface area (Å²) >= 11 is 6.16. The van der Waals surface area contributed by atoms with Crippen LogP contribution in [0.15, 0.2) is 18.2 Å². The van der Waals surface area contributed by atoms with E-state index in [1.54, 1.807) is 18.9 Å². The normalized spacial score (nSPS) is 24.6. The van der Waals surface area contributed by atoms with Gasteiger partial charge in [-0.25, -0.2) is 0 Å². The van der Waals surface area contributed by atoms with Gasteiger partial charge in [0.1, 0.15) is 43.1 Å². The Morgan fingerprint density at radius 3 is 1.91 bits per heavy atom. The van der Waals surface area contributed by atoms with E-state index in [1.807, 2.05) is 20.8 Å². The number of hydrogen-bond acceptors (Lipinski definition) is 15. The second kappa shape index (κ2) is 43.7. The Morgan fingerprint density at radius 2 is 1.31 bits per heavy atom. The Bertz CT molecular complexity index is 3180. The topological polar surface area (TPSA) is 300 Å². The number of benzene rings is 1. The van der Waals surface area contributed by atoms with Gasteiger partial charge in [0.15, 0.2) is 0 Å². The fourth-order valence-corrected chi connectivity index (χ4v) is 14.8. The second-order valence-electron chi connectivity index (χ2n) is 30.5. The van der Waals surface area contributed by atoms with Gasteiger partial charge in [0.25, 0.3) is 0 Å². The summed E-state index contributed by atoms with van der Waals surface area (Å²) in [6.07, 6.45) is 6.32. The molecule has 602 valence electrons. The lowest BCUT2D eigenvalue weighted by atomic mass is 9.82. The highest BCUT2D eigenvalue weighted by Gasteiger charge is 2.44. The number of ether oxygens (including phenoxy) is 1. The summed E-state index contributed by atoms with van der Waals surface area (Å²) in [5.41, 5.74) is -0.777. The van der Waals surface area contributed by atoms with Crippen LogP contribution in [0.25, 0.3) is 0 Å². The number of piperidine rings is 1. The molecule has 2 aliphatic heterocycles. The van der Waals surface area contributed by atoms with Gasteiger partial charge < -0.3 is 74.5 Å². The number of nitrogens with zero attached hydrogens (tertiary/aromatic N) is 10. The number of rotatable bonds is 17. The van der Waals surface area contributed by atoms with Crippen molar-refractivity contribution in [2.45, 2.75) is 217 Å². The Kier molecular flexibility index (Phi) is 36.8. The SMILES string of the molecule is CC[C@H](C)[C@@H]1NC(=O)[C@H](CC(C)C)N(C)C(=O)C[C@@H](C(=O)N2CCCCC2)N(C)C(=O)[C@H](C2CCCCC2)N(C)C(=O)CCCCNC(=O)CN(CCOCC(=O)N(C)C)C(=O)[C@H](CCc2ccc(C(F)(F)F)c(Cl)c2)NCC(C=O)N(C)C(=O)[C@H](CC2CCCCC2)N(C)C(=O)CN(C)C(=O)CN(C)C1=O. The Hall–Kier alpha value is -7.47. The lowest BCUT2D eigenvalue weighted by Crippen LogP contribution is -2.60. The third kappa shape index (κ3) is 27.0. The lowest BCUT2D eigenvalue weighted by molar-refractivity contribution is -0.155. The van der Waals surface area contributed by atoms with Crippen LogP contribution in [-0.4, -0.2) is 297 Å². The number of carbonyl (C=O) groups is 13. The fourth-order valence-electron chi connectivity index (χ4n) is 14.5. The quantitative estimate of drug-likeness (QED) is 0.132. The highest BCUT2D eigenvalue weighted by atomic mass is 35.5. The molecule has 0 bridgehead atoms. The first-order valence-corrected chi connectivity index (χ1v) is 38.7. The first-order chi connectivity index (χ1) is 50.5. The van der Waals surface area contributed by atoms with Crippen LogP contribution < -0.4 is 16.0 Å². The van der Waals surface area contributed by atoms with Gasteiger partial charge in [-0.3, -0.25) is 57.5 Å². The molecule has 31 heteroatoms. The zero-order valence-electron chi connectivity index (χ0n) is 65.5. The molecule has 1 aromatic carbocycles. The fraction of sp³-hybridized carbons (Fsp3) is 0.750. The monoisotopic (exact) mass is 1530 g/mol. The number of amides is 12. The molecular formula is C76H121ClF3N13O14. The predicted molar refractivity (Wildman–Crippen MR) is 397 cm³/mol. The summed E-state index contributed by atoms with van der Waals surface area (Å²) in [6, 6.07) is -5.44. The predicted octanol–water partition coefficient (Wildman–Crippen LogP) is 5.26. The van der Waals surface area contributed by atoms with Crippen LogP contribution in [0.2, 0.25) is 5.02 Å². The van der Waals surface area contributed by atoms with Crippen LogP contribution in [0.4, 0.5) is 13.2 Å². The van der Waals surface area contributed by atoms with Gasteiger partial charge in [-0.1, -0.05) is 103 Å². The summed E-state index contributed by atoms with van der Waals surface area (Å²) in [4.78, 5) is 201. The van der Waals surface area contributed by atoms with Crippen molar-refractivity contribution < 1.29 is 80.2 Å². The molecule has 5 rings (SSSR count). The number of carbonyl (C=O) groups excluding carboxylic acids is 13. The van der Waals surface area contributed by atoms with Gasteiger partial charge >= 0.3 is 6.18 Å². The molecular weight excluding hydrogens is 1410 g/mol. The Morgan fingerprint density at radius 1 is 0.692 bits per heavy atom. The number of likely N-dealkylation sites (tertiary alicyclic amines) is 1. The summed E-state index contributed by atoms with van der Waals surface area (Å²) in [5.74, 6) is -8.06. The summed E-state index contributed by atoms with van der Waals surface area (Å²) in [7, 11) is 13.1. The van der Waals surface area contributed by atoms with Crippen molar-refractivity contribution in [2.24, 2.45) is 23.7 Å².